The van der Waals surface area contributed by atoms with E-state index in [9.17, 15) is 0 Å². The van der Waals surface area contributed by atoms with Crippen LogP contribution in [0.25, 0.3) is 0 Å². The van der Waals surface area contributed by atoms with Gasteiger partial charge in [-0.15, -0.1) is 5.54 Å². The molecule has 0 aromatic heterocycles. The smallest absolute Gasteiger partial charge is 0.122 e. The molecule has 0 amide bonds. The fourth-order valence-corrected chi connectivity index (χ4v) is 7.48. The van der Waals surface area contributed by atoms with E-state index < -0.39 is 16.1 Å². The number of hydrogen-bond donors (Lipinski definition) is 0. The highest BCUT2D eigenvalue weighted by atomic mass is 31.1. The molecule has 3 heteroatoms. The molecule has 0 nitrogen and oxygen atoms in total. The van der Waals surface area contributed by atoms with Crippen molar-refractivity contribution in [2.45, 2.75) is 60.1 Å². The molecular weight excluding hydrogens is 243 g/mol. The molecule has 0 aromatic carbocycles. The summed E-state index contributed by atoms with van der Waals surface area (Å²) >= 11 is 0. The van der Waals surface area contributed by atoms with Gasteiger partial charge in [0, 0.05) is 0 Å². The predicted octanol–water partition coefficient (Wildman–Crippen LogP) is 4.87. The Labute approximate surface area is 106 Å². The van der Waals surface area contributed by atoms with Crippen molar-refractivity contribution < 1.29 is 0 Å². The van der Waals surface area contributed by atoms with E-state index in [4.69, 9.17) is 0 Å². The highest BCUT2D eigenvalue weighted by molar-refractivity contribution is 7.55. The van der Waals surface area contributed by atoms with Crippen molar-refractivity contribution in [1.29, 1.82) is 0 Å². The molecule has 0 aliphatic rings. The first-order valence-electron chi connectivity index (χ1n) is 5.95. The molecule has 16 heavy (non-hydrogen) atoms. The fourth-order valence-electron chi connectivity index (χ4n) is 1.71. The lowest BCUT2D eigenvalue weighted by Crippen LogP contribution is -2.40. The summed E-state index contributed by atoms with van der Waals surface area (Å²) in [6, 6.07) is 0. The van der Waals surface area contributed by atoms with E-state index in [-0.39, 0.29) is 0 Å². The van der Waals surface area contributed by atoms with Crippen molar-refractivity contribution >= 4 is 29.3 Å². The molecule has 0 spiro atoms. The van der Waals surface area contributed by atoms with Gasteiger partial charge in [0.1, 0.15) is 8.07 Å². The first kappa shape index (κ1) is 16.2. The van der Waals surface area contributed by atoms with Crippen LogP contribution in [0.1, 0.15) is 20.8 Å². The van der Waals surface area contributed by atoms with Crippen LogP contribution in [0, 0.1) is 16.6 Å². The van der Waals surface area contributed by atoms with Crippen LogP contribution in [0.15, 0.2) is 0 Å². The van der Waals surface area contributed by atoms with E-state index in [1.54, 1.807) is 4.92 Å². The Hall–Kier alpha value is 0.164. The largest absolute Gasteiger partial charge is 0.130 e. The van der Waals surface area contributed by atoms with E-state index >= 15 is 0 Å². The van der Waals surface area contributed by atoms with Gasteiger partial charge in [0.25, 0.3) is 0 Å². The Bertz CT molecular complexity index is 308. The maximum absolute atomic E-state index is 3.47. The summed E-state index contributed by atoms with van der Waals surface area (Å²) in [6.07, 6.45) is 0. The third-order valence-corrected chi connectivity index (χ3v) is 8.74. The highest BCUT2D eigenvalue weighted by Gasteiger charge is 2.29. The Balaban J connectivity index is 5.23. The Morgan fingerprint density at radius 1 is 0.938 bits per heavy atom. The van der Waals surface area contributed by atoms with E-state index in [0.717, 1.165) is 0 Å². The van der Waals surface area contributed by atoms with Gasteiger partial charge in [-0.1, -0.05) is 65.7 Å². The molecule has 92 valence electrons. The monoisotopic (exact) mass is 270 g/mol. The molecule has 0 N–H and O–H groups in total. The van der Waals surface area contributed by atoms with Crippen LogP contribution in [0.5, 0.6) is 0 Å². The van der Waals surface area contributed by atoms with Gasteiger partial charge >= 0.3 is 0 Å². The summed E-state index contributed by atoms with van der Waals surface area (Å²) in [6.45, 7) is 21.2. The molecule has 0 saturated carbocycles. The molecule has 0 rings (SSSR count). The lowest BCUT2D eigenvalue weighted by Gasteiger charge is -2.31. The Kier molecular flexibility index (Phi) is 5.26. The van der Waals surface area contributed by atoms with Crippen LogP contribution < -0.4 is 0 Å². The third-order valence-electron chi connectivity index (χ3n) is 2.02. The lowest BCUT2D eigenvalue weighted by molar-refractivity contribution is 0.607. The number of rotatable bonds is 1. The zero-order chi connectivity index (χ0) is 13.2. The average Bonchev–Trinajstić information content (AvgIpc) is 1.90. The van der Waals surface area contributed by atoms with Crippen LogP contribution in [-0.4, -0.2) is 21.1 Å². The fraction of sp³-hybridized carbons (Fsp3) is 0.769. The maximum atomic E-state index is 3.47. The molecule has 0 atom stereocenters. The Morgan fingerprint density at radius 2 is 1.38 bits per heavy atom. The number of hydrogen-bond acceptors (Lipinski definition) is 0. The van der Waals surface area contributed by atoms with Crippen molar-refractivity contribution in [3.63, 3.8) is 0 Å². The topological polar surface area (TPSA) is 0 Å². The highest BCUT2D eigenvalue weighted by Crippen LogP contribution is 2.28. The van der Waals surface area contributed by atoms with Gasteiger partial charge in [-0.3, -0.25) is 0 Å². The minimum absolute atomic E-state index is 0.306. The first-order valence-corrected chi connectivity index (χ1v) is 13.8. The second-order valence-electron chi connectivity index (χ2n) is 7.45. The molecule has 0 unspecified atom stereocenters. The summed E-state index contributed by atoms with van der Waals surface area (Å²) in [4.78, 5) is 1.67. The van der Waals surface area contributed by atoms with Crippen LogP contribution in [0.4, 0.5) is 0 Å². The molecule has 0 aromatic rings. The SMILES string of the molecule is CC(C)(C)C(=PC#C[Si](C)(C)C)[Si](C)(C)C. The summed E-state index contributed by atoms with van der Waals surface area (Å²) < 4.78 is 0. The van der Waals surface area contributed by atoms with E-state index in [1.807, 2.05) is 0 Å². The van der Waals surface area contributed by atoms with Crippen LogP contribution in [0.3, 0.4) is 0 Å². The second-order valence-corrected chi connectivity index (χ2v) is 18.5. The van der Waals surface area contributed by atoms with Crippen molar-refractivity contribution in [3.8, 4) is 11.2 Å². The van der Waals surface area contributed by atoms with Crippen molar-refractivity contribution in [1.82, 2.24) is 0 Å². The average molecular weight is 271 g/mol. The summed E-state index contributed by atoms with van der Waals surface area (Å²) in [5.74, 6) is 0. The standard InChI is InChI=1S/C13H27PSi2/c1-13(2,3)12(16(7,8)9)14-10-11-15(4,5)6/h1-9H3. The summed E-state index contributed by atoms with van der Waals surface area (Å²) in [7, 11) is -1.13. The molecule has 0 aliphatic carbocycles. The van der Waals surface area contributed by atoms with Gasteiger partial charge in [-0.25, -0.2) is 0 Å². The van der Waals surface area contributed by atoms with E-state index in [1.165, 1.54) is 8.20 Å². The summed E-state index contributed by atoms with van der Waals surface area (Å²) in [5.41, 5.74) is 7.20. The zero-order valence-electron chi connectivity index (χ0n) is 12.4. The first-order chi connectivity index (χ1) is 6.84. The van der Waals surface area contributed by atoms with Crippen LogP contribution >= 0.6 is 8.20 Å². The van der Waals surface area contributed by atoms with Gasteiger partial charge < -0.3 is 0 Å². The predicted molar refractivity (Wildman–Crippen MR) is 85.9 cm³/mol. The summed E-state index contributed by atoms with van der Waals surface area (Å²) in [5, 5.41) is 0. The van der Waals surface area contributed by atoms with E-state index in [0.29, 0.717) is 5.41 Å². The van der Waals surface area contributed by atoms with Crippen molar-refractivity contribution in [2.24, 2.45) is 5.41 Å². The van der Waals surface area contributed by atoms with E-state index in [2.05, 4.69) is 71.3 Å². The van der Waals surface area contributed by atoms with Gasteiger partial charge in [0.05, 0.1) is 8.07 Å². The Morgan fingerprint density at radius 3 is 1.62 bits per heavy atom. The maximum Gasteiger partial charge on any atom is 0.130 e. The van der Waals surface area contributed by atoms with Crippen LogP contribution in [0.2, 0.25) is 39.3 Å². The molecular formula is C13H27PSi2. The van der Waals surface area contributed by atoms with Gasteiger partial charge in [-0.05, 0) is 18.5 Å². The molecule has 0 radical (unpaired) electrons. The van der Waals surface area contributed by atoms with Crippen molar-refractivity contribution in [2.75, 3.05) is 0 Å². The lowest BCUT2D eigenvalue weighted by atomic mass is 10.0. The minimum atomic E-state index is -1.21. The van der Waals surface area contributed by atoms with Gasteiger partial charge in [0.15, 0.2) is 0 Å². The molecule has 0 aliphatic heterocycles. The minimum Gasteiger partial charge on any atom is -0.122 e. The molecule has 0 bridgehead atoms. The molecule has 0 saturated heterocycles. The van der Waals surface area contributed by atoms with Gasteiger partial charge in [-0.2, -0.15) is 0 Å². The molecule has 0 heterocycles. The zero-order valence-corrected chi connectivity index (χ0v) is 15.3. The van der Waals surface area contributed by atoms with Crippen molar-refractivity contribution in [3.05, 3.63) is 0 Å². The second kappa shape index (κ2) is 5.21. The third kappa shape index (κ3) is 6.68. The van der Waals surface area contributed by atoms with Crippen LogP contribution in [-0.2, 0) is 0 Å². The van der Waals surface area contributed by atoms with Gasteiger partial charge in [0.2, 0.25) is 0 Å². The normalized spacial score (nSPS) is 14.4. The molecule has 0 fully saturated rings. The quantitative estimate of drug-likeness (QED) is 0.362.